The van der Waals surface area contributed by atoms with Crippen molar-refractivity contribution in [3.63, 3.8) is 0 Å². The predicted octanol–water partition coefficient (Wildman–Crippen LogP) is 3.26. The van der Waals surface area contributed by atoms with Crippen molar-refractivity contribution in [3.05, 3.63) is 34.9 Å². The molecule has 2 rings (SSSR count). The Morgan fingerprint density at radius 2 is 2.12 bits per heavy atom. The fourth-order valence-electron chi connectivity index (χ4n) is 2.93. The SMILES string of the molecule is CNCCC(=O)NCC1CCCCN1Cc1cccc(Cl)c1.Cl.Cl. The lowest BCUT2D eigenvalue weighted by Crippen LogP contribution is -2.46. The van der Waals surface area contributed by atoms with Crippen LogP contribution in [0.15, 0.2) is 24.3 Å². The van der Waals surface area contributed by atoms with Crippen LogP contribution in [0.2, 0.25) is 5.02 Å². The van der Waals surface area contributed by atoms with E-state index in [1.165, 1.54) is 18.4 Å². The molecule has 1 aromatic carbocycles. The minimum atomic E-state index is 0. The summed E-state index contributed by atoms with van der Waals surface area (Å²) in [6.07, 6.45) is 4.15. The molecule has 138 valence electrons. The van der Waals surface area contributed by atoms with Gasteiger partial charge in [-0.05, 0) is 44.1 Å². The first kappa shape index (κ1) is 23.5. The van der Waals surface area contributed by atoms with E-state index < -0.39 is 0 Å². The van der Waals surface area contributed by atoms with E-state index in [9.17, 15) is 4.79 Å². The molecular weight excluding hydrogens is 369 g/mol. The summed E-state index contributed by atoms with van der Waals surface area (Å²) >= 11 is 6.07. The van der Waals surface area contributed by atoms with Gasteiger partial charge in [0.1, 0.15) is 0 Å². The standard InChI is InChI=1S/C17H26ClN3O.2ClH/c1-19-9-8-17(22)20-12-16-7-2-3-10-21(16)13-14-5-4-6-15(18)11-14;;/h4-6,11,16,19H,2-3,7-10,12-13H2,1H3,(H,20,22);2*1H. The van der Waals surface area contributed by atoms with Gasteiger partial charge in [0, 0.05) is 37.1 Å². The zero-order valence-electron chi connectivity index (χ0n) is 14.1. The van der Waals surface area contributed by atoms with Crippen molar-refractivity contribution >= 4 is 42.3 Å². The first-order chi connectivity index (χ1) is 10.7. The first-order valence-corrected chi connectivity index (χ1v) is 8.46. The van der Waals surface area contributed by atoms with E-state index >= 15 is 0 Å². The van der Waals surface area contributed by atoms with E-state index in [0.29, 0.717) is 12.5 Å². The number of carbonyl (C=O) groups is 1. The highest BCUT2D eigenvalue weighted by Gasteiger charge is 2.22. The molecule has 4 nitrogen and oxygen atoms in total. The second kappa shape index (κ2) is 12.8. The third kappa shape index (κ3) is 8.04. The zero-order chi connectivity index (χ0) is 15.8. The Kier molecular flexibility index (Phi) is 12.5. The van der Waals surface area contributed by atoms with Crippen molar-refractivity contribution in [3.8, 4) is 0 Å². The molecule has 0 saturated carbocycles. The third-order valence-electron chi connectivity index (χ3n) is 4.16. The monoisotopic (exact) mass is 395 g/mol. The number of hydrogen-bond acceptors (Lipinski definition) is 3. The molecule has 1 atom stereocenters. The minimum absolute atomic E-state index is 0. The van der Waals surface area contributed by atoms with Crippen molar-refractivity contribution in [1.29, 1.82) is 0 Å². The molecule has 24 heavy (non-hydrogen) atoms. The normalized spacial score (nSPS) is 17.5. The maximum Gasteiger partial charge on any atom is 0.221 e. The van der Waals surface area contributed by atoms with Crippen molar-refractivity contribution < 1.29 is 4.79 Å². The van der Waals surface area contributed by atoms with Crippen LogP contribution in [0.5, 0.6) is 0 Å². The molecule has 0 aromatic heterocycles. The molecule has 7 heteroatoms. The van der Waals surface area contributed by atoms with E-state index in [-0.39, 0.29) is 30.7 Å². The Labute approximate surface area is 162 Å². The molecule has 1 aromatic rings. The highest BCUT2D eigenvalue weighted by molar-refractivity contribution is 6.30. The van der Waals surface area contributed by atoms with Gasteiger partial charge in [-0.3, -0.25) is 9.69 Å². The van der Waals surface area contributed by atoms with Crippen LogP contribution in [0.1, 0.15) is 31.2 Å². The van der Waals surface area contributed by atoms with E-state index in [0.717, 1.165) is 37.6 Å². The van der Waals surface area contributed by atoms with Crippen LogP contribution in [0.4, 0.5) is 0 Å². The predicted molar refractivity (Wildman–Crippen MR) is 106 cm³/mol. The van der Waals surface area contributed by atoms with Gasteiger partial charge in [0.15, 0.2) is 0 Å². The number of nitrogens with zero attached hydrogens (tertiary/aromatic N) is 1. The molecule has 1 fully saturated rings. The largest absolute Gasteiger partial charge is 0.354 e. The number of hydrogen-bond donors (Lipinski definition) is 2. The summed E-state index contributed by atoms with van der Waals surface area (Å²) in [5, 5.41) is 6.85. The third-order valence-corrected chi connectivity index (χ3v) is 4.40. The average Bonchev–Trinajstić information content (AvgIpc) is 2.52. The molecule has 2 N–H and O–H groups in total. The molecule has 1 aliphatic heterocycles. The first-order valence-electron chi connectivity index (χ1n) is 8.09. The maximum absolute atomic E-state index is 11.8. The number of piperidine rings is 1. The second-order valence-corrected chi connectivity index (χ2v) is 6.34. The quantitative estimate of drug-likeness (QED) is 0.743. The number of carbonyl (C=O) groups excluding carboxylic acids is 1. The molecule has 1 saturated heterocycles. The van der Waals surface area contributed by atoms with Crippen LogP contribution >= 0.6 is 36.4 Å². The highest BCUT2D eigenvalue weighted by atomic mass is 35.5. The summed E-state index contributed by atoms with van der Waals surface area (Å²) in [7, 11) is 1.86. The van der Waals surface area contributed by atoms with Gasteiger partial charge in [-0.15, -0.1) is 24.8 Å². The van der Waals surface area contributed by atoms with Crippen LogP contribution in [0.3, 0.4) is 0 Å². The van der Waals surface area contributed by atoms with Gasteiger partial charge in [-0.1, -0.05) is 30.2 Å². The number of rotatable bonds is 7. The lowest BCUT2D eigenvalue weighted by Gasteiger charge is -2.36. The lowest BCUT2D eigenvalue weighted by molar-refractivity contribution is -0.121. The fourth-order valence-corrected chi connectivity index (χ4v) is 3.14. The number of amides is 1. The average molecular weight is 397 g/mol. The van der Waals surface area contributed by atoms with Crippen LogP contribution in [0, 0.1) is 0 Å². The molecule has 0 spiro atoms. The zero-order valence-corrected chi connectivity index (χ0v) is 16.5. The number of halogens is 3. The molecule has 1 amide bonds. The second-order valence-electron chi connectivity index (χ2n) is 5.91. The summed E-state index contributed by atoms with van der Waals surface area (Å²) < 4.78 is 0. The van der Waals surface area contributed by atoms with E-state index in [2.05, 4.69) is 21.6 Å². The Morgan fingerprint density at radius 3 is 2.83 bits per heavy atom. The van der Waals surface area contributed by atoms with Crippen molar-refractivity contribution in [1.82, 2.24) is 15.5 Å². The Hall–Kier alpha value is -0.520. The van der Waals surface area contributed by atoms with E-state index in [4.69, 9.17) is 11.6 Å². The summed E-state index contributed by atoms with van der Waals surface area (Å²) in [5.41, 5.74) is 1.24. The van der Waals surface area contributed by atoms with Crippen molar-refractivity contribution in [2.24, 2.45) is 0 Å². The van der Waals surface area contributed by atoms with Crippen LogP contribution < -0.4 is 10.6 Å². The molecular formula is C17H28Cl3N3O. The molecule has 0 bridgehead atoms. The van der Waals surface area contributed by atoms with Crippen LogP contribution in [0.25, 0.3) is 0 Å². The fraction of sp³-hybridized carbons (Fsp3) is 0.588. The summed E-state index contributed by atoms with van der Waals surface area (Å²) in [6, 6.07) is 8.46. The van der Waals surface area contributed by atoms with Crippen LogP contribution in [-0.2, 0) is 11.3 Å². The molecule has 1 heterocycles. The van der Waals surface area contributed by atoms with Crippen molar-refractivity contribution in [2.75, 3.05) is 26.7 Å². The van der Waals surface area contributed by atoms with Gasteiger partial charge in [0.05, 0.1) is 0 Å². The smallest absolute Gasteiger partial charge is 0.221 e. The van der Waals surface area contributed by atoms with Gasteiger partial charge >= 0.3 is 0 Å². The Bertz CT molecular complexity index is 488. The molecule has 1 unspecified atom stereocenters. The summed E-state index contributed by atoms with van der Waals surface area (Å²) in [4.78, 5) is 14.2. The van der Waals surface area contributed by atoms with E-state index in [1.807, 2.05) is 25.2 Å². The van der Waals surface area contributed by atoms with Gasteiger partial charge in [-0.25, -0.2) is 0 Å². The Balaban J connectivity index is 0.00000264. The van der Waals surface area contributed by atoms with Gasteiger partial charge in [-0.2, -0.15) is 0 Å². The minimum Gasteiger partial charge on any atom is -0.354 e. The molecule has 0 radical (unpaired) electrons. The van der Waals surface area contributed by atoms with Gasteiger partial charge < -0.3 is 10.6 Å². The Morgan fingerprint density at radius 1 is 1.33 bits per heavy atom. The number of benzene rings is 1. The van der Waals surface area contributed by atoms with Crippen molar-refractivity contribution in [2.45, 2.75) is 38.3 Å². The van der Waals surface area contributed by atoms with E-state index in [1.54, 1.807) is 0 Å². The number of nitrogens with one attached hydrogen (secondary N) is 2. The highest BCUT2D eigenvalue weighted by Crippen LogP contribution is 2.20. The van der Waals surface area contributed by atoms with Gasteiger partial charge in [0.2, 0.25) is 5.91 Å². The van der Waals surface area contributed by atoms with Crippen LogP contribution in [-0.4, -0.2) is 43.5 Å². The topological polar surface area (TPSA) is 44.4 Å². The van der Waals surface area contributed by atoms with Gasteiger partial charge in [0.25, 0.3) is 0 Å². The summed E-state index contributed by atoms with van der Waals surface area (Å²) in [6.45, 7) is 3.45. The molecule has 0 aliphatic carbocycles. The summed E-state index contributed by atoms with van der Waals surface area (Å²) in [5.74, 6) is 0.127. The maximum atomic E-state index is 11.8. The lowest BCUT2D eigenvalue weighted by atomic mass is 10.0. The number of likely N-dealkylation sites (tertiary alicyclic amines) is 1. The molecule has 1 aliphatic rings.